The van der Waals surface area contributed by atoms with Crippen LogP contribution in [0.2, 0.25) is 0 Å². The number of barbiturate groups is 1. The van der Waals surface area contributed by atoms with Gasteiger partial charge in [-0.15, -0.1) is 0 Å². The minimum atomic E-state index is -0.801. The van der Waals surface area contributed by atoms with Crippen molar-refractivity contribution in [3.63, 3.8) is 0 Å². The Kier molecular flexibility index (Phi) is 10.6. The molecule has 0 unspecified atom stereocenters. The molecule has 2 aromatic rings. The van der Waals surface area contributed by atoms with E-state index in [2.05, 4.69) is 12.2 Å². The second-order valence-electron chi connectivity index (χ2n) is 8.64. The van der Waals surface area contributed by atoms with Crippen LogP contribution in [-0.2, 0) is 9.59 Å². The third-order valence-electron chi connectivity index (χ3n) is 5.84. The maximum Gasteiger partial charge on any atom is 0.335 e. The van der Waals surface area contributed by atoms with Crippen molar-refractivity contribution < 1.29 is 28.6 Å². The summed E-state index contributed by atoms with van der Waals surface area (Å²) in [4.78, 5) is 39.2. The Morgan fingerprint density at radius 1 is 0.784 bits per heavy atom. The number of nitrogens with zero attached hydrogens (tertiary/aromatic N) is 1. The Morgan fingerprint density at radius 3 is 2.19 bits per heavy atom. The second kappa shape index (κ2) is 14.1. The number of amides is 4. The van der Waals surface area contributed by atoms with Gasteiger partial charge in [0.25, 0.3) is 11.8 Å². The summed E-state index contributed by atoms with van der Waals surface area (Å²) in [6.07, 6.45) is 8.47. The molecule has 37 heavy (non-hydrogen) atoms. The SMILES string of the molecule is CCCCCCCCOc1ccc(/C=C2\C(=O)NC(=O)N(c3ccc(OCC)cc3)C2=O)cc1OCC. The summed E-state index contributed by atoms with van der Waals surface area (Å²) < 4.78 is 17.1. The lowest BCUT2D eigenvalue weighted by atomic mass is 10.1. The van der Waals surface area contributed by atoms with E-state index in [4.69, 9.17) is 14.2 Å². The van der Waals surface area contributed by atoms with E-state index >= 15 is 0 Å². The highest BCUT2D eigenvalue weighted by molar-refractivity contribution is 6.39. The highest BCUT2D eigenvalue weighted by atomic mass is 16.5. The van der Waals surface area contributed by atoms with Crippen molar-refractivity contribution in [2.75, 3.05) is 24.7 Å². The Balaban J connectivity index is 1.75. The van der Waals surface area contributed by atoms with Crippen LogP contribution >= 0.6 is 0 Å². The van der Waals surface area contributed by atoms with Crippen molar-refractivity contribution in [2.45, 2.75) is 59.3 Å². The third-order valence-corrected chi connectivity index (χ3v) is 5.84. The smallest absolute Gasteiger partial charge is 0.335 e. The summed E-state index contributed by atoms with van der Waals surface area (Å²) in [6.45, 7) is 7.46. The Labute approximate surface area is 218 Å². The van der Waals surface area contributed by atoms with E-state index in [-0.39, 0.29) is 5.57 Å². The molecule has 1 aliphatic rings. The fourth-order valence-corrected chi connectivity index (χ4v) is 3.98. The summed E-state index contributed by atoms with van der Waals surface area (Å²) in [7, 11) is 0. The number of benzene rings is 2. The van der Waals surface area contributed by atoms with Gasteiger partial charge in [0.2, 0.25) is 0 Å². The van der Waals surface area contributed by atoms with Crippen LogP contribution in [0.1, 0.15) is 64.9 Å². The monoisotopic (exact) mass is 508 g/mol. The predicted molar refractivity (Wildman–Crippen MR) is 143 cm³/mol. The number of carbonyl (C=O) groups is 3. The number of carbonyl (C=O) groups excluding carboxylic acids is 3. The van der Waals surface area contributed by atoms with Gasteiger partial charge in [-0.3, -0.25) is 14.9 Å². The fraction of sp³-hybridized carbons (Fsp3) is 0.414. The van der Waals surface area contributed by atoms with Crippen molar-refractivity contribution in [3.05, 3.63) is 53.6 Å². The largest absolute Gasteiger partial charge is 0.494 e. The molecule has 0 saturated carbocycles. The number of nitrogens with one attached hydrogen (secondary N) is 1. The fourth-order valence-electron chi connectivity index (χ4n) is 3.98. The number of hydrogen-bond acceptors (Lipinski definition) is 6. The Morgan fingerprint density at radius 2 is 1.49 bits per heavy atom. The molecule has 2 aromatic carbocycles. The van der Waals surface area contributed by atoms with Gasteiger partial charge in [-0.05, 0) is 68.3 Å². The van der Waals surface area contributed by atoms with Gasteiger partial charge in [0.15, 0.2) is 11.5 Å². The zero-order chi connectivity index (χ0) is 26.6. The zero-order valence-electron chi connectivity index (χ0n) is 21.9. The van der Waals surface area contributed by atoms with E-state index in [9.17, 15) is 14.4 Å². The average Bonchev–Trinajstić information content (AvgIpc) is 2.88. The maximum atomic E-state index is 13.2. The molecule has 3 rings (SSSR count). The minimum Gasteiger partial charge on any atom is -0.494 e. The first-order valence-electron chi connectivity index (χ1n) is 13.0. The van der Waals surface area contributed by atoms with Crippen LogP contribution in [0.15, 0.2) is 48.0 Å². The lowest BCUT2D eigenvalue weighted by molar-refractivity contribution is -0.122. The second-order valence-corrected chi connectivity index (χ2v) is 8.64. The van der Waals surface area contributed by atoms with E-state index < -0.39 is 17.8 Å². The van der Waals surface area contributed by atoms with Gasteiger partial charge in [0, 0.05) is 0 Å². The van der Waals surface area contributed by atoms with Crippen LogP contribution in [0, 0.1) is 0 Å². The molecule has 0 spiro atoms. The van der Waals surface area contributed by atoms with Crippen molar-refractivity contribution in [1.29, 1.82) is 0 Å². The van der Waals surface area contributed by atoms with Crippen LogP contribution in [-0.4, -0.2) is 37.7 Å². The molecule has 0 bridgehead atoms. The molecular weight excluding hydrogens is 472 g/mol. The number of anilines is 1. The van der Waals surface area contributed by atoms with E-state index in [0.29, 0.717) is 48.3 Å². The van der Waals surface area contributed by atoms with Gasteiger partial charge in [-0.2, -0.15) is 0 Å². The molecule has 1 fully saturated rings. The predicted octanol–water partition coefficient (Wildman–Crippen LogP) is 5.89. The van der Waals surface area contributed by atoms with E-state index in [1.807, 2.05) is 13.8 Å². The summed E-state index contributed by atoms with van der Waals surface area (Å²) >= 11 is 0. The lowest BCUT2D eigenvalue weighted by Crippen LogP contribution is -2.54. The summed E-state index contributed by atoms with van der Waals surface area (Å²) in [6, 6.07) is 11.0. The van der Waals surface area contributed by atoms with Crippen LogP contribution in [0.4, 0.5) is 10.5 Å². The number of rotatable bonds is 14. The third kappa shape index (κ3) is 7.59. The molecule has 0 radical (unpaired) electrons. The summed E-state index contributed by atoms with van der Waals surface area (Å²) in [5.74, 6) is 0.303. The van der Waals surface area contributed by atoms with Gasteiger partial charge in [0.1, 0.15) is 11.3 Å². The standard InChI is InChI=1S/C29H36N2O6/c1-4-7-8-9-10-11-18-37-25-17-12-21(20-26(25)36-6-3)19-24-27(32)30-29(34)31(28(24)33)22-13-15-23(16-14-22)35-5-2/h12-17,19-20H,4-11,18H2,1-3H3,(H,30,32,34)/b24-19+. The first-order valence-corrected chi connectivity index (χ1v) is 13.0. The van der Waals surface area contributed by atoms with E-state index in [1.54, 1.807) is 42.5 Å². The molecular formula is C29H36N2O6. The zero-order valence-corrected chi connectivity index (χ0v) is 21.9. The molecule has 198 valence electrons. The van der Waals surface area contributed by atoms with E-state index in [1.165, 1.54) is 31.8 Å². The number of urea groups is 1. The molecule has 8 nitrogen and oxygen atoms in total. The normalized spacial score (nSPS) is 14.6. The Hall–Kier alpha value is -3.81. The van der Waals surface area contributed by atoms with E-state index in [0.717, 1.165) is 17.7 Å². The molecule has 0 atom stereocenters. The molecule has 1 heterocycles. The first-order chi connectivity index (χ1) is 18.0. The molecule has 8 heteroatoms. The van der Waals surface area contributed by atoms with Crippen LogP contribution in [0.25, 0.3) is 6.08 Å². The van der Waals surface area contributed by atoms with Crippen LogP contribution < -0.4 is 24.4 Å². The number of unbranched alkanes of at least 4 members (excludes halogenated alkanes) is 5. The van der Waals surface area contributed by atoms with Crippen LogP contribution in [0.3, 0.4) is 0 Å². The Bertz CT molecular complexity index is 1110. The first kappa shape index (κ1) is 27.8. The van der Waals surface area contributed by atoms with Crippen molar-refractivity contribution in [2.24, 2.45) is 0 Å². The van der Waals surface area contributed by atoms with Crippen molar-refractivity contribution >= 4 is 29.6 Å². The van der Waals surface area contributed by atoms with Crippen molar-refractivity contribution in [1.82, 2.24) is 5.32 Å². The molecule has 1 aliphatic heterocycles. The van der Waals surface area contributed by atoms with Gasteiger partial charge < -0.3 is 14.2 Å². The average molecular weight is 509 g/mol. The minimum absolute atomic E-state index is 0.156. The van der Waals surface area contributed by atoms with Gasteiger partial charge in [-0.1, -0.05) is 45.1 Å². The van der Waals surface area contributed by atoms with Crippen LogP contribution in [0.5, 0.6) is 17.2 Å². The molecule has 1 N–H and O–H groups in total. The van der Waals surface area contributed by atoms with Gasteiger partial charge >= 0.3 is 6.03 Å². The topological polar surface area (TPSA) is 94.2 Å². The summed E-state index contributed by atoms with van der Waals surface area (Å²) in [5.41, 5.74) is 0.754. The maximum absolute atomic E-state index is 13.2. The molecule has 1 saturated heterocycles. The molecule has 0 aromatic heterocycles. The number of imide groups is 2. The summed E-state index contributed by atoms with van der Waals surface area (Å²) in [5, 5.41) is 2.24. The van der Waals surface area contributed by atoms with Gasteiger partial charge in [-0.25, -0.2) is 9.69 Å². The number of ether oxygens (including phenoxy) is 3. The highest BCUT2D eigenvalue weighted by Crippen LogP contribution is 2.31. The molecule has 4 amide bonds. The lowest BCUT2D eigenvalue weighted by Gasteiger charge is -2.26. The quantitative estimate of drug-likeness (QED) is 0.194. The highest BCUT2D eigenvalue weighted by Gasteiger charge is 2.36. The molecule has 0 aliphatic carbocycles. The van der Waals surface area contributed by atoms with Gasteiger partial charge in [0.05, 0.1) is 25.5 Å². The van der Waals surface area contributed by atoms with Crippen molar-refractivity contribution in [3.8, 4) is 17.2 Å². The number of hydrogen-bond donors (Lipinski definition) is 1.